The number of aryl methyl sites for hydroxylation is 2. The van der Waals surface area contributed by atoms with Crippen LogP contribution in [0.1, 0.15) is 11.1 Å². The van der Waals surface area contributed by atoms with Crippen molar-refractivity contribution in [3.8, 4) is 17.1 Å². The quantitative estimate of drug-likeness (QED) is 0.715. The summed E-state index contributed by atoms with van der Waals surface area (Å²) in [5.41, 5.74) is 4.06. The standard InChI is InChI=1S/C19H20N2O3/c1-13-4-3-5-15(10-13)18-12-20-19(24-18)21-17-11-16(23-9-8-22)7-6-14(17)2/h3-7,10-12,22H,8-9H2,1-2H3,(H,20,21). The monoisotopic (exact) mass is 324 g/mol. The number of aromatic nitrogens is 1. The molecule has 3 aromatic rings. The van der Waals surface area contributed by atoms with E-state index in [9.17, 15) is 0 Å². The molecule has 0 spiro atoms. The van der Waals surface area contributed by atoms with Crippen LogP contribution in [0, 0.1) is 13.8 Å². The Morgan fingerprint density at radius 1 is 1.17 bits per heavy atom. The van der Waals surface area contributed by atoms with Crippen molar-refractivity contribution < 1.29 is 14.3 Å². The minimum atomic E-state index is -0.0176. The van der Waals surface area contributed by atoms with Crippen molar-refractivity contribution in [3.63, 3.8) is 0 Å². The molecule has 0 aliphatic carbocycles. The van der Waals surface area contributed by atoms with Gasteiger partial charge in [-0.3, -0.25) is 0 Å². The SMILES string of the molecule is Cc1cccc(-c2cnc(Nc3cc(OCCO)ccc3C)o2)c1. The van der Waals surface area contributed by atoms with Gasteiger partial charge in [0.2, 0.25) is 0 Å². The molecule has 0 atom stereocenters. The fourth-order valence-corrected chi connectivity index (χ4v) is 2.37. The van der Waals surface area contributed by atoms with Crippen LogP contribution < -0.4 is 10.1 Å². The number of rotatable bonds is 6. The number of aliphatic hydroxyl groups excluding tert-OH is 1. The van der Waals surface area contributed by atoms with Crippen LogP contribution in [0.3, 0.4) is 0 Å². The van der Waals surface area contributed by atoms with E-state index in [0.717, 1.165) is 16.8 Å². The van der Waals surface area contributed by atoms with Crippen LogP contribution in [0.2, 0.25) is 0 Å². The summed E-state index contributed by atoms with van der Waals surface area (Å²) in [6.07, 6.45) is 1.71. The third-order valence-corrected chi connectivity index (χ3v) is 3.62. The molecule has 0 fully saturated rings. The summed E-state index contributed by atoms with van der Waals surface area (Å²) in [4.78, 5) is 4.29. The van der Waals surface area contributed by atoms with Crippen molar-refractivity contribution in [2.45, 2.75) is 13.8 Å². The summed E-state index contributed by atoms with van der Waals surface area (Å²) >= 11 is 0. The Kier molecular flexibility index (Phi) is 4.82. The van der Waals surface area contributed by atoms with Crippen molar-refractivity contribution in [2.75, 3.05) is 18.5 Å². The predicted octanol–water partition coefficient (Wildman–Crippen LogP) is 4.07. The molecule has 1 heterocycles. The maximum atomic E-state index is 8.85. The van der Waals surface area contributed by atoms with Gasteiger partial charge < -0.3 is 19.6 Å². The van der Waals surface area contributed by atoms with E-state index in [-0.39, 0.29) is 13.2 Å². The minimum absolute atomic E-state index is 0.0176. The lowest BCUT2D eigenvalue weighted by Crippen LogP contribution is -2.02. The molecule has 0 saturated heterocycles. The third kappa shape index (κ3) is 3.75. The lowest BCUT2D eigenvalue weighted by molar-refractivity contribution is 0.201. The Balaban J connectivity index is 1.79. The average molecular weight is 324 g/mol. The Hall–Kier alpha value is -2.79. The zero-order valence-electron chi connectivity index (χ0n) is 13.7. The maximum absolute atomic E-state index is 8.85. The zero-order valence-corrected chi connectivity index (χ0v) is 13.7. The summed E-state index contributed by atoms with van der Waals surface area (Å²) in [5.74, 6) is 1.40. The molecule has 0 aliphatic heterocycles. The number of hydrogen-bond donors (Lipinski definition) is 2. The predicted molar refractivity (Wildman–Crippen MR) is 93.7 cm³/mol. The van der Waals surface area contributed by atoms with Gasteiger partial charge in [-0.25, -0.2) is 4.98 Å². The molecule has 0 unspecified atom stereocenters. The molecule has 0 bridgehead atoms. The molecule has 3 rings (SSSR count). The van der Waals surface area contributed by atoms with Gasteiger partial charge in [0.15, 0.2) is 5.76 Å². The van der Waals surface area contributed by atoms with Gasteiger partial charge in [-0.2, -0.15) is 0 Å². The minimum Gasteiger partial charge on any atom is -0.491 e. The Morgan fingerprint density at radius 3 is 2.83 bits per heavy atom. The van der Waals surface area contributed by atoms with Crippen LogP contribution in [0.5, 0.6) is 5.75 Å². The molecular weight excluding hydrogens is 304 g/mol. The first kappa shape index (κ1) is 16.1. The summed E-state index contributed by atoms with van der Waals surface area (Å²) in [6, 6.07) is 14.2. The van der Waals surface area contributed by atoms with Gasteiger partial charge in [0, 0.05) is 17.3 Å². The van der Waals surface area contributed by atoms with Crippen molar-refractivity contribution in [1.29, 1.82) is 0 Å². The number of benzene rings is 2. The molecule has 5 nitrogen and oxygen atoms in total. The Labute approximate surface area is 140 Å². The summed E-state index contributed by atoms with van der Waals surface area (Å²) in [5, 5.41) is 12.0. The Bertz CT molecular complexity index is 827. The number of ether oxygens (including phenoxy) is 1. The van der Waals surface area contributed by atoms with Crippen molar-refractivity contribution in [3.05, 3.63) is 59.8 Å². The van der Waals surface area contributed by atoms with E-state index in [1.807, 2.05) is 50.2 Å². The summed E-state index contributed by atoms with van der Waals surface area (Å²) in [7, 11) is 0. The fraction of sp³-hybridized carbons (Fsp3) is 0.211. The van der Waals surface area contributed by atoms with Gasteiger partial charge in [-0.15, -0.1) is 0 Å². The number of nitrogens with one attached hydrogen (secondary N) is 1. The molecule has 24 heavy (non-hydrogen) atoms. The first-order chi connectivity index (χ1) is 11.7. The number of aliphatic hydroxyl groups is 1. The molecular formula is C19H20N2O3. The molecule has 0 radical (unpaired) electrons. The smallest absolute Gasteiger partial charge is 0.299 e. The van der Waals surface area contributed by atoms with Gasteiger partial charge in [0.1, 0.15) is 12.4 Å². The van der Waals surface area contributed by atoms with E-state index in [1.165, 1.54) is 5.56 Å². The second-order valence-corrected chi connectivity index (χ2v) is 5.57. The van der Waals surface area contributed by atoms with Crippen LogP contribution in [0.4, 0.5) is 11.7 Å². The zero-order chi connectivity index (χ0) is 16.9. The van der Waals surface area contributed by atoms with Crippen molar-refractivity contribution >= 4 is 11.7 Å². The number of hydrogen-bond acceptors (Lipinski definition) is 5. The lowest BCUT2D eigenvalue weighted by Gasteiger charge is -2.10. The molecule has 0 saturated carbocycles. The van der Waals surface area contributed by atoms with Gasteiger partial charge in [0.25, 0.3) is 6.01 Å². The molecule has 2 aromatic carbocycles. The molecule has 0 amide bonds. The van der Waals surface area contributed by atoms with Crippen LogP contribution >= 0.6 is 0 Å². The molecule has 5 heteroatoms. The van der Waals surface area contributed by atoms with Gasteiger partial charge in [-0.05, 0) is 31.5 Å². The van der Waals surface area contributed by atoms with Crippen molar-refractivity contribution in [2.24, 2.45) is 0 Å². The van der Waals surface area contributed by atoms with E-state index < -0.39 is 0 Å². The molecule has 124 valence electrons. The van der Waals surface area contributed by atoms with Gasteiger partial charge >= 0.3 is 0 Å². The van der Waals surface area contributed by atoms with Crippen LogP contribution in [-0.2, 0) is 0 Å². The largest absolute Gasteiger partial charge is 0.491 e. The van der Waals surface area contributed by atoms with Crippen LogP contribution in [0.25, 0.3) is 11.3 Å². The van der Waals surface area contributed by atoms with E-state index >= 15 is 0 Å². The van der Waals surface area contributed by atoms with Crippen LogP contribution in [-0.4, -0.2) is 23.3 Å². The molecule has 2 N–H and O–H groups in total. The van der Waals surface area contributed by atoms with Gasteiger partial charge in [-0.1, -0.05) is 29.8 Å². The number of nitrogens with zero attached hydrogens (tertiary/aromatic N) is 1. The average Bonchev–Trinajstić information content (AvgIpc) is 3.04. The highest BCUT2D eigenvalue weighted by Crippen LogP contribution is 2.28. The van der Waals surface area contributed by atoms with E-state index in [1.54, 1.807) is 6.20 Å². The maximum Gasteiger partial charge on any atom is 0.299 e. The van der Waals surface area contributed by atoms with E-state index in [4.69, 9.17) is 14.3 Å². The normalized spacial score (nSPS) is 10.6. The summed E-state index contributed by atoms with van der Waals surface area (Å²) in [6.45, 7) is 4.28. The lowest BCUT2D eigenvalue weighted by atomic mass is 10.1. The second-order valence-electron chi connectivity index (χ2n) is 5.57. The number of oxazole rings is 1. The van der Waals surface area contributed by atoms with Crippen LogP contribution in [0.15, 0.2) is 53.1 Å². The highest BCUT2D eigenvalue weighted by Gasteiger charge is 2.09. The van der Waals surface area contributed by atoms with Crippen molar-refractivity contribution in [1.82, 2.24) is 4.98 Å². The second kappa shape index (κ2) is 7.19. The van der Waals surface area contributed by atoms with Gasteiger partial charge in [0.05, 0.1) is 12.8 Å². The third-order valence-electron chi connectivity index (χ3n) is 3.62. The van der Waals surface area contributed by atoms with E-state index in [0.29, 0.717) is 17.5 Å². The molecule has 0 aliphatic rings. The number of anilines is 2. The first-order valence-corrected chi connectivity index (χ1v) is 7.80. The Morgan fingerprint density at radius 2 is 2.04 bits per heavy atom. The molecule has 1 aromatic heterocycles. The highest BCUT2D eigenvalue weighted by atomic mass is 16.5. The van der Waals surface area contributed by atoms with E-state index in [2.05, 4.69) is 16.4 Å². The highest BCUT2D eigenvalue weighted by molar-refractivity contribution is 5.63. The fourth-order valence-electron chi connectivity index (χ4n) is 2.37. The topological polar surface area (TPSA) is 67.5 Å². The summed E-state index contributed by atoms with van der Waals surface area (Å²) < 4.78 is 11.2. The first-order valence-electron chi connectivity index (χ1n) is 7.80.